The molecular weight excluding hydrogens is 304 g/mol. The second-order valence-corrected chi connectivity index (χ2v) is 5.56. The topological polar surface area (TPSA) is 68.3 Å². The van der Waals surface area contributed by atoms with Gasteiger partial charge in [-0.15, -0.1) is 0 Å². The predicted octanol–water partition coefficient (Wildman–Crippen LogP) is 3.78. The van der Waals surface area contributed by atoms with Crippen molar-refractivity contribution in [1.29, 1.82) is 0 Å². The van der Waals surface area contributed by atoms with Gasteiger partial charge in [0.1, 0.15) is 5.76 Å². The first-order valence-corrected chi connectivity index (χ1v) is 8.10. The first-order valence-electron chi connectivity index (χ1n) is 8.10. The highest BCUT2D eigenvalue weighted by Gasteiger charge is 2.18. The Balaban J connectivity index is 1.63. The molecule has 5 heteroatoms. The minimum atomic E-state index is -0.242. The average molecular weight is 324 g/mol. The summed E-state index contributed by atoms with van der Waals surface area (Å²) in [4.78, 5) is 12.1. The fraction of sp³-hybridized carbons (Fsp3) is 0.263. The van der Waals surface area contributed by atoms with Crippen LogP contribution in [0.2, 0.25) is 0 Å². The van der Waals surface area contributed by atoms with Crippen LogP contribution in [0.15, 0.2) is 63.7 Å². The number of rotatable bonds is 7. The number of benzene rings is 1. The molecule has 0 fully saturated rings. The first kappa shape index (κ1) is 16.1. The lowest BCUT2D eigenvalue weighted by Gasteiger charge is -2.15. The molecule has 1 atom stereocenters. The maximum Gasteiger partial charge on any atom is 0.289 e. The highest BCUT2D eigenvalue weighted by molar-refractivity contribution is 5.91. The molecule has 0 aliphatic heterocycles. The van der Waals surface area contributed by atoms with E-state index in [-0.39, 0.29) is 17.6 Å². The molecule has 0 unspecified atom stereocenters. The van der Waals surface area contributed by atoms with Gasteiger partial charge in [-0.3, -0.25) is 4.79 Å². The van der Waals surface area contributed by atoms with Crippen molar-refractivity contribution in [2.45, 2.75) is 25.7 Å². The zero-order chi connectivity index (χ0) is 16.8. The number of nitrogens with one attached hydrogen (secondary N) is 1. The predicted molar refractivity (Wildman–Crippen MR) is 89.8 cm³/mol. The van der Waals surface area contributed by atoms with Crippen molar-refractivity contribution in [1.82, 2.24) is 10.5 Å². The molecule has 0 radical (unpaired) electrons. The Morgan fingerprint density at radius 1 is 1.21 bits per heavy atom. The molecule has 3 rings (SSSR count). The molecule has 0 saturated heterocycles. The van der Waals surface area contributed by atoms with E-state index in [2.05, 4.69) is 22.6 Å². The molecule has 2 aromatic heterocycles. The van der Waals surface area contributed by atoms with Gasteiger partial charge in [0.15, 0.2) is 0 Å². The largest absolute Gasteiger partial charge is 0.469 e. The number of carbonyl (C=O) groups is 1. The highest BCUT2D eigenvalue weighted by atomic mass is 16.5. The van der Waals surface area contributed by atoms with Gasteiger partial charge in [-0.25, -0.2) is 0 Å². The third-order valence-corrected chi connectivity index (χ3v) is 3.95. The summed E-state index contributed by atoms with van der Waals surface area (Å²) in [7, 11) is 0. The molecule has 0 bridgehead atoms. The first-order chi connectivity index (χ1) is 11.8. The third-order valence-electron chi connectivity index (χ3n) is 3.95. The summed E-state index contributed by atoms with van der Waals surface area (Å²) in [6, 6.07) is 15.7. The summed E-state index contributed by atoms with van der Waals surface area (Å²) < 4.78 is 10.6. The molecular formula is C19H20N2O3. The van der Waals surface area contributed by atoms with Gasteiger partial charge in [0.2, 0.25) is 5.76 Å². The Kier molecular flexibility index (Phi) is 5.11. The van der Waals surface area contributed by atoms with Gasteiger partial charge in [-0.2, -0.15) is 0 Å². The second-order valence-electron chi connectivity index (χ2n) is 5.56. The maximum absolute atomic E-state index is 12.1. The van der Waals surface area contributed by atoms with Crippen LogP contribution in [0.25, 0.3) is 0 Å². The van der Waals surface area contributed by atoms with Crippen LogP contribution < -0.4 is 5.32 Å². The minimum Gasteiger partial charge on any atom is -0.469 e. The van der Waals surface area contributed by atoms with Gasteiger partial charge in [0.25, 0.3) is 5.91 Å². The Morgan fingerprint density at radius 2 is 2.04 bits per heavy atom. The minimum absolute atomic E-state index is 0.0995. The lowest BCUT2D eigenvalue weighted by Crippen LogP contribution is -2.25. The van der Waals surface area contributed by atoms with E-state index >= 15 is 0 Å². The van der Waals surface area contributed by atoms with E-state index in [1.54, 1.807) is 12.3 Å². The lowest BCUT2D eigenvalue weighted by molar-refractivity contribution is 0.0915. The molecule has 5 nitrogen and oxygen atoms in total. The normalized spacial score (nSPS) is 12.0. The Labute approximate surface area is 140 Å². The van der Waals surface area contributed by atoms with E-state index in [4.69, 9.17) is 8.94 Å². The third kappa shape index (κ3) is 3.74. The average Bonchev–Trinajstić information content (AvgIpc) is 3.30. The Bertz CT molecular complexity index is 763. The standard InChI is InChI=1S/C19H20N2O3/c1-2-15-13-18(24-21-15)19(22)20-11-10-16(17-9-6-12-23-17)14-7-4-3-5-8-14/h3-9,12-13,16H,2,10-11H2,1H3,(H,20,22)/t16-/m1/s1. The van der Waals surface area contributed by atoms with Crippen molar-refractivity contribution >= 4 is 5.91 Å². The Hall–Kier alpha value is -2.82. The number of nitrogens with zero attached hydrogens (tertiary/aromatic N) is 1. The zero-order valence-corrected chi connectivity index (χ0v) is 13.6. The summed E-state index contributed by atoms with van der Waals surface area (Å²) in [6.45, 7) is 2.48. The molecule has 1 amide bonds. The molecule has 24 heavy (non-hydrogen) atoms. The van der Waals surface area contributed by atoms with Crippen LogP contribution in [0.3, 0.4) is 0 Å². The molecule has 0 aliphatic carbocycles. The molecule has 3 aromatic rings. The number of carbonyl (C=O) groups excluding carboxylic acids is 1. The van der Waals surface area contributed by atoms with E-state index in [0.717, 1.165) is 29.9 Å². The number of aromatic nitrogens is 1. The number of aryl methyl sites for hydroxylation is 1. The van der Waals surface area contributed by atoms with Crippen molar-refractivity contribution < 1.29 is 13.7 Å². The quantitative estimate of drug-likeness (QED) is 0.718. The Morgan fingerprint density at radius 3 is 2.71 bits per heavy atom. The highest BCUT2D eigenvalue weighted by Crippen LogP contribution is 2.27. The summed E-state index contributed by atoms with van der Waals surface area (Å²) in [5.74, 6) is 1.00. The molecule has 1 aromatic carbocycles. The lowest BCUT2D eigenvalue weighted by atomic mass is 9.93. The van der Waals surface area contributed by atoms with E-state index in [0.29, 0.717) is 6.54 Å². The molecule has 124 valence electrons. The summed E-state index contributed by atoms with van der Waals surface area (Å²) in [6.07, 6.45) is 3.15. The summed E-state index contributed by atoms with van der Waals surface area (Å²) >= 11 is 0. The van der Waals surface area contributed by atoms with Crippen LogP contribution in [-0.4, -0.2) is 17.6 Å². The van der Waals surface area contributed by atoms with Gasteiger partial charge in [-0.05, 0) is 30.5 Å². The SMILES string of the molecule is CCc1cc(C(=O)NCC[C@H](c2ccccc2)c2ccco2)on1. The smallest absolute Gasteiger partial charge is 0.289 e. The monoisotopic (exact) mass is 324 g/mol. The molecule has 0 aliphatic rings. The van der Waals surface area contributed by atoms with Crippen LogP contribution in [0, 0.1) is 0 Å². The molecule has 0 spiro atoms. The number of amides is 1. The van der Waals surface area contributed by atoms with E-state index < -0.39 is 0 Å². The van der Waals surface area contributed by atoms with Crippen LogP contribution >= 0.6 is 0 Å². The molecule has 1 N–H and O–H groups in total. The fourth-order valence-corrected chi connectivity index (χ4v) is 2.65. The van der Waals surface area contributed by atoms with Crippen molar-refractivity contribution in [2.75, 3.05) is 6.54 Å². The van der Waals surface area contributed by atoms with E-state index in [1.165, 1.54) is 0 Å². The van der Waals surface area contributed by atoms with Crippen molar-refractivity contribution in [3.63, 3.8) is 0 Å². The fourth-order valence-electron chi connectivity index (χ4n) is 2.65. The van der Waals surface area contributed by atoms with Gasteiger partial charge >= 0.3 is 0 Å². The van der Waals surface area contributed by atoms with Crippen molar-refractivity contribution in [3.8, 4) is 0 Å². The van der Waals surface area contributed by atoms with Crippen molar-refractivity contribution in [2.24, 2.45) is 0 Å². The summed E-state index contributed by atoms with van der Waals surface area (Å²) in [5, 5.41) is 6.72. The number of hydrogen-bond donors (Lipinski definition) is 1. The molecule has 0 saturated carbocycles. The van der Waals surface area contributed by atoms with Crippen LogP contribution in [0.5, 0.6) is 0 Å². The van der Waals surface area contributed by atoms with Gasteiger partial charge in [-0.1, -0.05) is 42.4 Å². The summed E-state index contributed by atoms with van der Waals surface area (Å²) in [5.41, 5.74) is 1.94. The zero-order valence-electron chi connectivity index (χ0n) is 13.6. The second kappa shape index (κ2) is 7.64. The van der Waals surface area contributed by atoms with E-state index in [1.807, 2.05) is 37.3 Å². The van der Waals surface area contributed by atoms with Gasteiger partial charge < -0.3 is 14.3 Å². The van der Waals surface area contributed by atoms with Gasteiger partial charge in [0, 0.05) is 18.5 Å². The van der Waals surface area contributed by atoms with Gasteiger partial charge in [0.05, 0.1) is 12.0 Å². The maximum atomic E-state index is 12.1. The molecule has 2 heterocycles. The van der Waals surface area contributed by atoms with E-state index in [9.17, 15) is 4.79 Å². The van der Waals surface area contributed by atoms with Crippen LogP contribution in [0.1, 0.15) is 46.8 Å². The number of furan rings is 1. The van der Waals surface area contributed by atoms with Crippen molar-refractivity contribution in [3.05, 3.63) is 77.6 Å². The van der Waals surface area contributed by atoms with Crippen LogP contribution in [-0.2, 0) is 6.42 Å². The number of hydrogen-bond acceptors (Lipinski definition) is 4. The van der Waals surface area contributed by atoms with Crippen LogP contribution in [0.4, 0.5) is 0 Å².